The molecule has 1 atom stereocenters. The first-order chi connectivity index (χ1) is 13.7. The molecule has 29 heavy (non-hydrogen) atoms. The number of hydrogen-bond acceptors (Lipinski definition) is 3. The first-order valence-corrected chi connectivity index (χ1v) is 10.7. The SMILES string of the molecule is CCNC(=NCCOc1cccc(C)c1)NC1CCN(C(=O)C2CCCC2)C1.I. The predicted molar refractivity (Wildman–Crippen MR) is 128 cm³/mol. The van der Waals surface area contributed by atoms with Gasteiger partial charge in [-0.1, -0.05) is 25.0 Å². The van der Waals surface area contributed by atoms with Crippen molar-refractivity contribution in [3.8, 4) is 5.75 Å². The van der Waals surface area contributed by atoms with Crippen molar-refractivity contribution in [2.75, 3.05) is 32.8 Å². The van der Waals surface area contributed by atoms with Crippen molar-refractivity contribution in [3.05, 3.63) is 29.8 Å². The van der Waals surface area contributed by atoms with Gasteiger partial charge in [-0.3, -0.25) is 4.79 Å². The molecule has 1 heterocycles. The van der Waals surface area contributed by atoms with Gasteiger partial charge in [-0.2, -0.15) is 0 Å². The van der Waals surface area contributed by atoms with Gasteiger partial charge in [0.2, 0.25) is 5.91 Å². The summed E-state index contributed by atoms with van der Waals surface area (Å²) in [5, 5.41) is 6.79. The molecule has 1 aromatic rings. The monoisotopic (exact) mass is 514 g/mol. The molecule has 2 N–H and O–H groups in total. The molecular weight excluding hydrogens is 479 g/mol. The van der Waals surface area contributed by atoms with Gasteiger partial charge in [0.05, 0.1) is 6.54 Å². The zero-order valence-corrected chi connectivity index (χ0v) is 20.0. The molecule has 1 aliphatic heterocycles. The van der Waals surface area contributed by atoms with E-state index < -0.39 is 0 Å². The Morgan fingerprint density at radius 1 is 1.28 bits per heavy atom. The summed E-state index contributed by atoms with van der Waals surface area (Å²) in [6.45, 7) is 7.67. The van der Waals surface area contributed by atoms with Crippen molar-refractivity contribution in [2.45, 2.75) is 52.0 Å². The summed E-state index contributed by atoms with van der Waals surface area (Å²) in [5.41, 5.74) is 1.19. The van der Waals surface area contributed by atoms with Gasteiger partial charge in [0, 0.05) is 31.6 Å². The van der Waals surface area contributed by atoms with E-state index in [4.69, 9.17) is 4.74 Å². The van der Waals surface area contributed by atoms with Gasteiger partial charge in [-0.25, -0.2) is 4.99 Å². The lowest BCUT2D eigenvalue weighted by Crippen LogP contribution is -2.45. The summed E-state index contributed by atoms with van der Waals surface area (Å²) >= 11 is 0. The van der Waals surface area contributed by atoms with E-state index >= 15 is 0 Å². The highest BCUT2D eigenvalue weighted by Gasteiger charge is 2.32. The molecule has 0 aromatic heterocycles. The normalized spacial score (nSPS) is 19.7. The average molecular weight is 514 g/mol. The second-order valence-electron chi connectivity index (χ2n) is 7.82. The second-order valence-corrected chi connectivity index (χ2v) is 7.82. The minimum atomic E-state index is 0. The molecule has 7 heteroatoms. The molecule has 0 spiro atoms. The van der Waals surface area contributed by atoms with Gasteiger partial charge < -0.3 is 20.3 Å². The van der Waals surface area contributed by atoms with Crippen LogP contribution < -0.4 is 15.4 Å². The number of aliphatic imine (C=N–C) groups is 1. The molecule has 1 saturated heterocycles. The molecule has 3 rings (SSSR count). The number of amides is 1. The Kier molecular flexibility index (Phi) is 10.0. The zero-order valence-electron chi connectivity index (χ0n) is 17.7. The fraction of sp³-hybridized carbons (Fsp3) is 0.636. The van der Waals surface area contributed by atoms with Gasteiger partial charge >= 0.3 is 0 Å². The number of ether oxygens (including phenoxy) is 1. The maximum absolute atomic E-state index is 12.6. The molecule has 1 aliphatic carbocycles. The number of nitrogens with one attached hydrogen (secondary N) is 2. The van der Waals surface area contributed by atoms with Crippen LogP contribution in [0.25, 0.3) is 0 Å². The van der Waals surface area contributed by atoms with Gasteiger partial charge in [0.25, 0.3) is 0 Å². The van der Waals surface area contributed by atoms with Crippen LogP contribution in [0.1, 0.15) is 44.6 Å². The van der Waals surface area contributed by atoms with E-state index in [0.29, 0.717) is 19.1 Å². The third-order valence-electron chi connectivity index (χ3n) is 5.51. The molecule has 1 saturated carbocycles. The molecule has 2 aliphatic rings. The standard InChI is InChI=1S/C22H34N4O2.HI/c1-3-23-22(24-12-14-28-20-10-6-7-17(2)15-20)25-19-11-13-26(16-19)21(27)18-8-4-5-9-18;/h6-7,10,15,18-19H,3-5,8-9,11-14,16H2,1-2H3,(H2,23,24,25);1H. The van der Waals surface area contributed by atoms with E-state index in [1.807, 2.05) is 23.1 Å². The topological polar surface area (TPSA) is 66.0 Å². The number of likely N-dealkylation sites (tertiary alicyclic amines) is 1. The molecule has 1 amide bonds. The van der Waals surface area contributed by atoms with Crippen LogP contribution in [0, 0.1) is 12.8 Å². The Morgan fingerprint density at radius 2 is 2.07 bits per heavy atom. The number of hydrogen-bond donors (Lipinski definition) is 2. The van der Waals surface area contributed by atoms with Crippen molar-refractivity contribution in [2.24, 2.45) is 10.9 Å². The average Bonchev–Trinajstić information content (AvgIpc) is 3.37. The third kappa shape index (κ3) is 7.35. The lowest BCUT2D eigenvalue weighted by Gasteiger charge is -2.21. The van der Waals surface area contributed by atoms with Crippen LogP contribution in [0.5, 0.6) is 5.75 Å². The number of aryl methyl sites for hydroxylation is 1. The van der Waals surface area contributed by atoms with Crippen molar-refractivity contribution in [3.63, 3.8) is 0 Å². The molecule has 2 fully saturated rings. The molecule has 0 bridgehead atoms. The molecular formula is C22H35IN4O2. The highest BCUT2D eigenvalue weighted by Crippen LogP contribution is 2.27. The van der Waals surface area contributed by atoms with E-state index in [2.05, 4.69) is 35.5 Å². The Hall–Kier alpha value is -1.51. The Bertz CT molecular complexity index is 677. The van der Waals surface area contributed by atoms with E-state index in [-0.39, 0.29) is 35.9 Å². The van der Waals surface area contributed by atoms with E-state index in [1.165, 1.54) is 18.4 Å². The zero-order chi connectivity index (χ0) is 19.8. The number of carbonyl (C=O) groups excluding carboxylic acids is 1. The molecule has 162 valence electrons. The Morgan fingerprint density at radius 3 is 2.79 bits per heavy atom. The number of guanidine groups is 1. The van der Waals surface area contributed by atoms with Gasteiger partial charge in [-0.05, 0) is 50.8 Å². The second kappa shape index (κ2) is 12.2. The minimum Gasteiger partial charge on any atom is -0.492 e. The fourth-order valence-electron chi connectivity index (χ4n) is 4.05. The molecule has 1 unspecified atom stereocenters. The van der Waals surface area contributed by atoms with Crippen LogP contribution in [0.2, 0.25) is 0 Å². The number of benzene rings is 1. The quantitative estimate of drug-likeness (QED) is 0.254. The van der Waals surface area contributed by atoms with E-state index in [9.17, 15) is 4.79 Å². The highest BCUT2D eigenvalue weighted by atomic mass is 127. The van der Waals surface area contributed by atoms with Crippen LogP contribution in [-0.2, 0) is 4.79 Å². The lowest BCUT2D eigenvalue weighted by atomic mass is 10.1. The van der Waals surface area contributed by atoms with E-state index in [1.54, 1.807) is 0 Å². The smallest absolute Gasteiger partial charge is 0.225 e. The summed E-state index contributed by atoms with van der Waals surface area (Å²) in [6.07, 6.45) is 5.52. The summed E-state index contributed by atoms with van der Waals surface area (Å²) in [5.74, 6) is 2.30. The highest BCUT2D eigenvalue weighted by molar-refractivity contribution is 14.0. The van der Waals surface area contributed by atoms with Crippen LogP contribution in [-0.4, -0.2) is 55.6 Å². The number of carbonyl (C=O) groups is 1. The van der Waals surface area contributed by atoms with Gasteiger partial charge in [0.1, 0.15) is 12.4 Å². The van der Waals surface area contributed by atoms with Crippen molar-refractivity contribution < 1.29 is 9.53 Å². The largest absolute Gasteiger partial charge is 0.492 e. The summed E-state index contributed by atoms with van der Waals surface area (Å²) in [4.78, 5) is 19.3. The van der Waals surface area contributed by atoms with Crippen molar-refractivity contribution >= 4 is 35.8 Å². The van der Waals surface area contributed by atoms with Crippen LogP contribution in [0.15, 0.2) is 29.3 Å². The maximum atomic E-state index is 12.6. The summed E-state index contributed by atoms with van der Waals surface area (Å²) in [7, 11) is 0. The fourth-order valence-corrected chi connectivity index (χ4v) is 4.05. The minimum absolute atomic E-state index is 0. The third-order valence-corrected chi connectivity index (χ3v) is 5.51. The molecule has 0 radical (unpaired) electrons. The van der Waals surface area contributed by atoms with Crippen LogP contribution in [0.3, 0.4) is 0 Å². The van der Waals surface area contributed by atoms with Crippen LogP contribution >= 0.6 is 24.0 Å². The van der Waals surface area contributed by atoms with E-state index in [0.717, 1.165) is 50.6 Å². The number of nitrogens with zero attached hydrogens (tertiary/aromatic N) is 2. The lowest BCUT2D eigenvalue weighted by molar-refractivity contribution is -0.134. The predicted octanol–water partition coefficient (Wildman–Crippen LogP) is 3.34. The Balaban J connectivity index is 0.00000300. The first-order valence-electron chi connectivity index (χ1n) is 10.7. The number of halogens is 1. The van der Waals surface area contributed by atoms with Crippen LogP contribution in [0.4, 0.5) is 0 Å². The Labute approximate surface area is 191 Å². The maximum Gasteiger partial charge on any atom is 0.225 e. The van der Waals surface area contributed by atoms with Gasteiger partial charge in [0.15, 0.2) is 5.96 Å². The summed E-state index contributed by atoms with van der Waals surface area (Å²) in [6, 6.07) is 8.32. The van der Waals surface area contributed by atoms with Crippen molar-refractivity contribution in [1.29, 1.82) is 0 Å². The van der Waals surface area contributed by atoms with Crippen molar-refractivity contribution in [1.82, 2.24) is 15.5 Å². The number of rotatable bonds is 7. The molecule has 6 nitrogen and oxygen atoms in total. The molecule has 1 aromatic carbocycles. The first kappa shape index (κ1) is 23.8. The summed E-state index contributed by atoms with van der Waals surface area (Å²) < 4.78 is 5.78. The van der Waals surface area contributed by atoms with Gasteiger partial charge in [-0.15, -0.1) is 24.0 Å².